The summed E-state index contributed by atoms with van der Waals surface area (Å²) >= 11 is 0. The maximum absolute atomic E-state index is 11.8. The minimum atomic E-state index is -0.587. The van der Waals surface area contributed by atoms with Gasteiger partial charge in [0.05, 0.1) is 18.1 Å². The molecule has 1 atom stereocenters. The Labute approximate surface area is 121 Å². The Morgan fingerprint density at radius 1 is 1.43 bits per heavy atom. The molecule has 0 bridgehead atoms. The summed E-state index contributed by atoms with van der Waals surface area (Å²) < 4.78 is 4.87. The molecule has 114 valence electrons. The van der Waals surface area contributed by atoms with E-state index in [1.54, 1.807) is 6.92 Å². The highest BCUT2D eigenvalue weighted by molar-refractivity contribution is 5.96. The number of hydrogen-bond acceptors (Lipinski definition) is 5. The van der Waals surface area contributed by atoms with E-state index in [0.29, 0.717) is 6.61 Å². The number of amides is 2. The van der Waals surface area contributed by atoms with Crippen molar-refractivity contribution in [2.75, 3.05) is 20.3 Å². The minimum Gasteiger partial charge on any atom is -0.383 e. The molecule has 21 heavy (non-hydrogen) atoms. The molecule has 2 N–H and O–H groups in total. The van der Waals surface area contributed by atoms with Crippen LogP contribution in [0.1, 0.15) is 17.3 Å². The number of benzene rings is 1. The lowest BCUT2D eigenvalue weighted by molar-refractivity contribution is -0.384. The second kappa shape index (κ2) is 7.95. The van der Waals surface area contributed by atoms with Crippen molar-refractivity contribution in [3.8, 4) is 0 Å². The fourth-order valence-corrected chi connectivity index (χ4v) is 1.64. The van der Waals surface area contributed by atoms with Crippen molar-refractivity contribution in [2.45, 2.75) is 13.0 Å². The molecule has 0 saturated heterocycles. The summed E-state index contributed by atoms with van der Waals surface area (Å²) in [5, 5.41) is 15.7. The van der Waals surface area contributed by atoms with Gasteiger partial charge in [-0.2, -0.15) is 0 Å². The van der Waals surface area contributed by atoms with Gasteiger partial charge in [-0.05, 0) is 13.0 Å². The zero-order chi connectivity index (χ0) is 15.8. The molecule has 0 heterocycles. The van der Waals surface area contributed by atoms with Gasteiger partial charge in [-0.15, -0.1) is 0 Å². The zero-order valence-electron chi connectivity index (χ0n) is 11.8. The molecule has 0 aliphatic carbocycles. The number of methoxy groups -OCH3 is 1. The molecule has 0 aromatic heterocycles. The summed E-state index contributed by atoms with van der Waals surface area (Å²) in [4.78, 5) is 33.4. The van der Waals surface area contributed by atoms with Gasteiger partial charge < -0.3 is 15.4 Å². The van der Waals surface area contributed by atoms with Gasteiger partial charge >= 0.3 is 0 Å². The van der Waals surface area contributed by atoms with Crippen molar-refractivity contribution in [2.24, 2.45) is 0 Å². The molecule has 0 aliphatic rings. The standard InChI is InChI=1S/C13H17N3O5/c1-9(8-21-2)15-12(17)7-14-13(18)10-4-3-5-11(6-10)16(19)20/h3-6,9H,7-8H2,1-2H3,(H,14,18)(H,15,17). The first-order valence-electron chi connectivity index (χ1n) is 6.25. The predicted molar refractivity (Wildman–Crippen MR) is 74.9 cm³/mol. The highest BCUT2D eigenvalue weighted by Gasteiger charge is 2.13. The maximum Gasteiger partial charge on any atom is 0.270 e. The Bertz CT molecular complexity index is 532. The number of non-ortho nitro benzene ring substituents is 1. The van der Waals surface area contributed by atoms with Crippen LogP contribution in [0.2, 0.25) is 0 Å². The van der Waals surface area contributed by atoms with Gasteiger partial charge in [-0.3, -0.25) is 19.7 Å². The summed E-state index contributed by atoms with van der Waals surface area (Å²) in [6, 6.07) is 5.12. The molecule has 0 aliphatic heterocycles. The van der Waals surface area contributed by atoms with E-state index in [9.17, 15) is 19.7 Å². The van der Waals surface area contributed by atoms with Gasteiger partial charge in [0.1, 0.15) is 0 Å². The molecule has 0 saturated carbocycles. The van der Waals surface area contributed by atoms with Crippen LogP contribution in [-0.4, -0.2) is 43.0 Å². The highest BCUT2D eigenvalue weighted by Crippen LogP contribution is 2.12. The summed E-state index contributed by atoms with van der Waals surface area (Å²) in [5.41, 5.74) is -0.0530. The lowest BCUT2D eigenvalue weighted by Crippen LogP contribution is -2.42. The van der Waals surface area contributed by atoms with Crippen LogP contribution in [0.3, 0.4) is 0 Å². The van der Waals surface area contributed by atoms with Crippen LogP contribution in [-0.2, 0) is 9.53 Å². The molecule has 1 aromatic carbocycles. The molecule has 2 amide bonds. The highest BCUT2D eigenvalue weighted by atomic mass is 16.6. The number of hydrogen-bond donors (Lipinski definition) is 2. The van der Waals surface area contributed by atoms with Gasteiger partial charge in [0.2, 0.25) is 5.91 Å². The minimum absolute atomic E-state index is 0.127. The Hall–Kier alpha value is -2.48. The average Bonchev–Trinajstić information content (AvgIpc) is 2.45. The molecule has 8 heteroatoms. The number of nitrogens with zero attached hydrogens (tertiary/aromatic N) is 1. The van der Waals surface area contributed by atoms with E-state index >= 15 is 0 Å². The third-order valence-corrected chi connectivity index (χ3v) is 2.55. The van der Waals surface area contributed by atoms with Gasteiger partial charge in [0, 0.05) is 30.8 Å². The number of ether oxygens (including phenoxy) is 1. The van der Waals surface area contributed by atoms with E-state index in [0.717, 1.165) is 6.07 Å². The van der Waals surface area contributed by atoms with E-state index in [1.807, 2.05) is 0 Å². The van der Waals surface area contributed by atoms with E-state index in [-0.39, 0.29) is 29.7 Å². The number of carbonyl (C=O) groups excluding carboxylic acids is 2. The number of nitro benzene ring substituents is 1. The van der Waals surface area contributed by atoms with Crippen LogP contribution in [0.25, 0.3) is 0 Å². The first-order valence-corrected chi connectivity index (χ1v) is 6.25. The largest absolute Gasteiger partial charge is 0.383 e. The zero-order valence-corrected chi connectivity index (χ0v) is 11.8. The van der Waals surface area contributed by atoms with E-state index in [2.05, 4.69) is 10.6 Å². The summed E-state index contributed by atoms with van der Waals surface area (Å²) in [6.45, 7) is 1.92. The van der Waals surface area contributed by atoms with Gasteiger partial charge in [-0.1, -0.05) is 6.07 Å². The molecule has 1 rings (SSSR count). The maximum atomic E-state index is 11.8. The second-order valence-corrected chi connectivity index (χ2v) is 4.41. The first-order chi connectivity index (χ1) is 9.93. The SMILES string of the molecule is COCC(C)NC(=O)CNC(=O)c1cccc([N+](=O)[O-])c1. The van der Waals surface area contributed by atoms with Crippen molar-refractivity contribution in [1.82, 2.24) is 10.6 Å². The third-order valence-electron chi connectivity index (χ3n) is 2.55. The van der Waals surface area contributed by atoms with Crippen molar-refractivity contribution in [3.63, 3.8) is 0 Å². The van der Waals surface area contributed by atoms with Gasteiger partial charge in [-0.25, -0.2) is 0 Å². The molecule has 1 unspecified atom stereocenters. The monoisotopic (exact) mass is 295 g/mol. The molecular weight excluding hydrogens is 278 g/mol. The Kier molecular flexibility index (Phi) is 6.28. The fourth-order valence-electron chi connectivity index (χ4n) is 1.64. The van der Waals surface area contributed by atoms with E-state index < -0.39 is 10.8 Å². The predicted octanol–water partition coefficient (Wildman–Crippen LogP) is 0.476. The van der Waals surface area contributed by atoms with Crippen molar-refractivity contribution in [3.05, 3.63) is 39.9 Å². The first kappa shape index (κ1) is 16.6. The molecule has 1 aromatic rings. The smallest absolute Gasteiger partial charge is 0.270 e. The number of nitro groups is 1. The Morgan fingerprint density at radius 3 is 2.76 bits per heavy atom. The fraction of sp³-hybridized carbons (Fsp3) is 0.385. The van der Waals surface area contributed by atoms with Crippen LogP contribution in [0, 0.1) is 10.1 Å². The summed E-state index contributed by atoms with van der Waals surface area (Å²) in [5.74, 6) is -0.911. The molecule has 0 spiro atoms. The van der Waals surface area contributed by atoms with Crippen LogP contribution in [0.4, 0.5) is 5.69 Å². The molecule has 0 fully saturated rings. The van der Waals surface area contributed by atoms with Crippen LogP contribution < -0.4 is 10.6 Å². The third kappa shape index (κ3) is 5.57. The lowest BCUT2D eigenvalue weighted by Gasteiger charge is -2.13. The quantitative estimate of drug-likeness (QED) is 0.561. The molecule has 8 nitrogen and oxygen atoms in total. The number of rotatable bonds is 7. The second-order valence-electron chi connectivity index (χ2n) is 4.41. The van der Waals surface area contributed by atoms with Crippen LogP contribution in [0.5, 0.6) is 0 Å². The Morgan fingerprint density at radius 2 is 2.14 bits per heavy atom. The van der Waals surface area contributed by atoms with Gasteiger partial charge in [0.15, 0.2) is 0 Å². The van der Waals surface area contributed by atoms with Crippen LogP contribution >= 0.6 is 0 Å². The summed E-state index contributed by atoms with van der Waals surface area (Å²) in [7, 11) is 1.52. The van der Waals surface area contributed by atoms with E-state index in [4.69, 9.17) is 4.74 Å². The Balaban J connectivity index is 2.52. The van der Waals surface area contributed by atoms with Crippen molar-refractivity contribution in [1.29, 1.82) is 0 Å². The molecule has 0 radical (unpaired) electrons. The van der Waals surface area contributed by atoms with Crippen molar-refractivity contribution < 1.29 is 19.2 Å². The van der Waals surface area contributed by atoms with Crippen LogP contribution in [0.15, 0.2) is 24.3 Å². The van der Waals surface area contributed by atoms with Gasteiger partial charge in [0.25, 0.3) is 11.6 Å². The summed E-state index contributed by atoms with van der Waals surface area (Å²) in [6.07, 6.45) is 0. The number of nitrogens with one attached hydrogen (secondary N) is 2. The number of carbonyl (C=O) groups is 2. The lowest BCUT2D eigenvalue weighted by atomic mass is 10.2. The molecular formula is C13H17N3O5. The van der Waals surface area contributed by atoms with Crippen molar-refractivity contribution >= 4 is 17.5 Å². The average molecular weight is 295 g/mol. The topological polar surface area (TPSA) is 111 Å². The normalized spacial score (nSPS) is 11.5. The van der Waals surface area contributed by atoms with E-state index in [1.165, 1.54) is 25.3 Å².